The molecule has 2 rings (SSSR count). The van der Waals surface area contributed by atoms with Crippen LogP contribution in [0, 0.1) is 17.1 Å². The number of rotatable bonds is 5. The predicted octanol–water partition coefficient (Wildman–Crippen LogP) is 1.76. The third kappa shape index (κ3) is 3.39. The zero-order valence-corrected chi connectivity index (χ0v) is 10.7. The lowest BCUT2D eigenvalue weighted by Crippen LogP contribution is -2.18. The van der Waals surface area contributed by atoms with Gasteiger partial charge in [-0.25, -0.2) is 4.39 Å². The molecule has 0 aliphatic carbocycles. The van der Waals surface area contributed by atoms with Crippen LogP contribution in [0.1, 0.15) is 16.8 Å². The molecule has 1 heterocycles. The van der Waals surface area contributed by atoms with Gasteiger partial charge in [0.1, 0.15) is 5.82 Å². The number of hydrogen-bond acceptors (Lipinski definition) is 3. The minimum Gasteiger partial charge on any atom is -0.312 e. The Morgan fingerprint density at radius 1 is 1.42 bits per heavy atom. The van der Waals surface area contributed by atoms with Crippen molar-refractivity contribution in [2.75, 3.05) is 6.54 Å². The van der Waals surface area contributed by atoms with Crippen LogP contribution in [0.4, 0.5) is 4.39 Å². The molecule has 0 spiro atoms. The van der Waals surface area contributed by atoms with E-state index in [-0.39, 0.29) is 5.82 Å². The Hall–Kier alpha value is -2.19. The number of aryl methyl sites for hydroxylation is 1. The van der Waals surface area contributed by atoms with Crippen LogP contribution in [-0.4, -0.2) is 16.3 Å². The molecule has 4 nitrogen and oxygen atoms in total. The van der Waals surface area contributed by atoms with E-state index in [4.69, 9.17) is 5.26 Å². The summed E-state index contributed by atoms with van der Waals surface area (Å²) in [6, 6.07) is 8.24. The topological polar surface area (TPSA) is 53.6 Å². The van der Waals surface area contributed by atoms with Crippen molar-refractivity contribution in [3.8, 4) is 6.07 Å². The Bertz CT molecular complexity index is 598. The van der Waals surface area contributed by atoms with Crippen LogP contribution in [0.2, 0.25) is 0 Å². The molecule has 0 bridgehead atoms. The summed E-state index contributed by atoms with van der Waals surface area (Å²) in [6.45, 7) is 1.24. The second kappa shape index (κ2) is 6.12. The van der Waals surface area contributed by atoms with Crippen LogP contribution < -0.4 is 5.32 Å². The van der Waals surface area contributed by atoms with E-state index in [0.717, 1.165) is 18.7 Å². The monoisotopic (exact) mass is 258 g/mol. The number of aromatic nitrogens is 2. The Labute approximate surface area is 111 Å². The van der Waals surface area contributed by atoms with Crippen LogP contribution in [0.5, 0.6) is 0 Å². The highest BCUT2D eigenvalue weighted by molar-refractivity contribution is 5.37. The highest BCUT2D eigenvalue weighted by Crippen LogP contribution is 2.10. The van der Waals surface area contributed by atoms with Gasteiger partial charge in [-0.3, -0.25) is 4.68 Å². The van der Waals surface area contributed by atoms with Gasteiger partial charge in [0.25, 0.3) is 0 Å². The first kappa shape index (κ1) is 13.2. The molecule has 5 heteroatoms. The number of halogens is 1. The summed E-state index contributed by atoms with van der Waals surface area (Å²) in [5.74, 6) is -0.317. The Kier molecular flexibility index (Phi) is 4.26. The molecule has 0 atom stereocenters. The number of nitrogens with zero attached hydrogens (tertiary/aromatic N) is 3. The van der Waals surface area contributed by atoms with Gasteiger partial charge in [0.15, 0.2) is 0 Å². The summed E-state index contributed by atoms with van der Waals surface area (Å²) in [5, 5.41) is 16.2. The van der Waals surface area contributed by atoms with Gasteiger partial charge in [0, 0.05) is 38.4 Å². The standard InChI is InChI=1S/C14H15FN4/c1-19-14(5-7-18-19)4-6-17-10-12-8-13(15)3-2-11(12)9-16/h2-3,5,7-8,17H,4,6,10H2,1H3. The van der Waals surface area contributed by atoms with E-state index >= 15 is 0 Å². The quantitative estimate of drug-likeness (QED) is 0.831. The Morgan fingerprint density at radius 2 is 2.26 bits per heavy atom. The van der Waals surface area contributed by atoms with Crippen molar-refractivity contribution >= 4 is 0 Å². The fourth-order valence-corrected chi connectivity index (χ4v) is 1.90. The van der Waals surface area contributed by atoms with Crippen LogP contribution in [-0.2, 0) is 20.0 Å². The minimum atomic E-state index is -0.317. The molecule has 0 radical (unpaired) electrons. The molecule has 0 saturated carbocycles. The van der Waals surface area contributed by atoms with E-state index in [9.17, 15) is 4.39 Å². The zero-order chi connectivity index (χ0) is 13.7. The predicted molar refractivity (Wildman–Crippen MR) is 69.7 cm³/mol. The number of benzene rings is 1. The lowest BCUT2D eigenvalue weighted by atomic mass is 10.1. The molecule has 1 N–H and O–H groups in total. The average Bonchev–Trinajstić information content (AvgIpc) is 2.80. The smallest absolute Gasteiger partial charge is 0.123 e. The van der Waals surface area contributed by atoms with Crippen LogP contribution in [0.25, 0.3) is 0 Å². The van der Waals surface area contributed by atoms with Crippen molar-refractivity contribution in [1.82, 2.24) is 15.1 Å². The van der Waals surface area contributed by atoms with Gasteiger partial charge < -0.3 is 5.32 Å². The summed E-state index contributed by atoms with van der Waals surface area (Å²) in [5.41, 5.74) is 2.33. The van der Waals surface area contributed by atoms with Crippen molar-refractivity contribution in [1.29, 1.82) is 5.26 Å². The van der Waals surface area contributed by atoms with E-state index in [0.29, 0.717) is 17.7 Å². The molecule has 0 amide bonds. The molecule has 0 fully saturated rings. The summed E-state index contributed by atoms with van der Waals surface area (Å²) in [6.07, 6.45) is 2.60. The van der Waals surface area contributed by atoms with E-state index in [1.54, 1.807) is 6.20 Å². The van der Waals surface area contributed by atoms with Gasteiger partial charge in [0.05, 0.1) is 11.6 Å². The maximum atomic E-state index is 13.1. The third-order valence-electron chi connectivity index (χ3n) is 2.98. The minimum absolute atomic E-state index is 0.317. The SMILES string of the molecule is Cn1nccc1CCNCc1cc(F)ccc1C#N. The lowest BCUT2D eigenvalue weighted by molar-refractivity contribution is 0.615. The van der Waals surface area contributed by atoms with Gasteiger partial charge >= 0.3 is 0 Å². The van der Waals surface area contributed by atoms with Gasteiger partial charge in [0.2, 0.25) is 0 Å². The summed E-state index contributed by atoms with van der Waals surface area (Å²) < 4.78 is 14.9. The molecule has 1 aromatic heterocycles. The first-order valence-corrected chi connectivity index (χ1v) is 6.07. The molecule has 2 aromatic rings. The first-order valence-electron chi connectivity index (χ1n) is 6.07. The highest BCUT2D eigenvalue weighted by Gasteiger charge is 2.04. The molecule has 0 unspecified atom stereocenters. The van der Waals surface area contributed by atoms with E-state index in [2.05, 4.69) is 16.5 Å². The second-order valence-corrected chi connectivity index (χ2v) is 4.29. The highest BCUT2D eigenvalue weighted by atomic mass is 19.1. The molecular formula is C14H15FN4. The molecule has 0 saturated heterocycles. The Morgan fingerprint density at radius 3 is 2.95 bits per heavy atom. The fraction of sp³-hybridized carbons (Fsp3) is 0.286. The maximum Gasteiger partial charge on any atom is 0.123 e. The van der Waals surface area contributed by atoms with Crippen molar-refractivity contribution < 1.29 is 4.39 Å². The summed E-state index contributed by atoms with van der Waals surface area (Å²) >= 11 is 0. The molecule has 0 aliphatic rings. The lowest BCUT2D eigenvalue weighted by Gasteiger charge is -2.07. The third-order valence-corrected chi connectivity index (χ3v) is 2.98. The normalized spacial score (nSPS) is 10.4. The Balaban J connectivity index is 1.88. The van der Waals surface area contributed by atoms with E-state index in [1.165, 1.54) is 18.2 Å². The van der Waals surface area contributed by atoms with Crippen LogP contribution in [0.3, 0.4) is 0 Å². The van der Waals surface area contributed by atoms with Crippen LogP contribution >= 0.6 is 0 Å². The molecular weight excluding hydrogens is 243 g/mol. The zero-order valence-electron chi connectivity index (χ0n) is 10.7. The van der Waals surface area contributed by atoms with Gasteiger partial charge in [-0.15, -0.1) is 0 Å². The largest absolute Gasteiger partial charge is 0.312 e. The molecule has 1 aromatic carbocycles. The van der Waals surface area contributed by atoms with E-state index < -0.39 is 0 Å². The van der Waals surface area contributed by atoms with Crippen molar-refractivity contribution in [3.05, 3.63) is 53.1 Å². The van der Waals surface area contributed by atoms with Gasteiger partial charge in [-0.2, -0.15) is 10.4 Å². The number of nitriles is 1. The van der Waals surface area contributed by atoms with Crippen molar-refractivity contribution in [2.24, 2.45) is 7.05 Å². The summed E-state index contributed by atoms with van der Waals surface area (Å²) in [4.78, 5) is 0. The van der Waals surface area contributed by atoms with Gasteiger partial charge in [-0.1, -0.05) is 0 Å². The fourth-order valence-electron chi connectivity index (χ4n) is 1.90. The molecule has 98 valence electrons. The molecule has 0 aliphatic heterocycles. The number of nitrogens with one attached hydrogen (secondary N) is 1. The maximum absolute atomic E-state index is 13.1. The van der Waals surface area contributed by atoms with Crippen LogP contribution in [0.15, 0.2) is 30.5 Å². The first-order chi connectivity index (χ1) is 9.20. The second-order valence-electron chi connectivity index (χ2n) is 4.29. The van der Waals surface area contributed by atoms with Gasteiger partial charge in [-0.05, 0) is 29.8 Å². The average molecular weight is 258 g/mol. The summed E-state index contributed by atoms with van der Waals surface area (Å²) in [7, 11) is 1.90. The van der Waals surface area contributed by atoms with Crippen molar-refractivity contribution in [2.45, 2.75) is 13.0 Å². The molecule has 19 heavy (non-hydrogen) atoms. The number of hydrogen-bond donors (Lipinski definition) is 1. The van der Waals surface area contributed by atoms with E-state index in [1.807, 2.05) is 17.8 Å². The van der Waals surface area contributed by atoms with Crippen molar-refractivity contribution in [3.63, 3.8) is 0 Å².